The lowest BCUT2D eigenvalue weighted by Gasteiger charge is -2.21. The number of aliphatic hydroxyl groups excluding tert-OH is 1. The van der Waals surface area contributed by atoms with Crippen LogP contribution >= 0.6 is 0 Å². The van der Waals surface area contributed by atoms with E-state index < -0.39 is 0 Å². The minimum atomic E-state index is 0.0170. The molecule has 98 valence electrons. The molecule has 0 aliphatic heterocycles. The second kappa shape index (κ2) is 5.87. The highest BCUT2D eigenvalue weighted by Gasteiger charge is 2.15. The number of unbranched alkanes of at least 4 members (excludes halogenated alkanes) is 1. The van der Waals surface area contributed by atoms with Crippen molar-refractivity contribution in [1.82, 2.24) is 9.38 Å². The fourth-order valence-electron chi connectivity index (χ4n) is 2.20. The van der Waals surface area contributed by atoms with Crippen molar-refractivity contribution in [3.8, 4) is 0 Å². The quantitative estimate of drug-likeness (QED) is 0.852. The van der Waals surface area contributed by atoms with E-state index in [1.165, 1.54) is 6.42 Å². The van der Waals surface area contributed by atoms with Gasteiger partial charge in [0.15, 0.2) is 5.82 Å². The molecule has 4 heteroatoms. The SMILES string of the molecule is CCCCN(CC)c1nc2ccccn2c1CO. The summed E-state index contributed by atoms with van der Waals surface area (Å²) in [6.45, 7) is 6.23. The van der Waals surface area contributed by atoms with Crippen LogP contribution in [0.4, 0.5) is 5.82 Å². The number of nitrogens with zero attached hydrogens (tertiary/aromatic N) is 3. The summed E-state index contributed by atoms with van der Waals surface area (Å²) >= 11 is 0. The summed E-state index contributed by atoms with van der Waals surface area (Å²) in [5.41, 5.74) is 1.77. The van der Waals surface area contributed by atoms with Crippen molar-refractivity contribution >= 4 is 11.5 Å². The molecule has 0 aliphatic carbocycles. The average molecular weight is 247 g/mol. The van der Waals surface area contributed by atoms with Crippen LogP contribution in [-0.4, -0.2) is 27.6 Å². The Kier molecular flexibility index (Phi) is 4.20. The van der Waals surface area contributed by atoms with Gasteiger partial charge in [-0.25, -0.2) is 4.98 Å². The van der Waals surface area contributed by atoms with E-state index in [0.717, 1.165) is 36.7 Å². The standard InChI is InChI=1S/C14H21N3O/c1-3-5-9-16(4-2)14-12(11-18)17-10-7-6-8-13(17)15-14/h6-8,10,18H,3-5,9,11H2,1-2H3. The molecule has 0 fully saturated rings. The van der Waals surface area contributed by atoms with Crippen LogP contribution in [0.2, 0.25) is 0 Å². The van der Waals surface area contributed by atoms with Crippen LogP contribution in [-0.2, 0) is 6.61 Å². The molecule has 0 aromatic carbocycles. The number of rotatable bonds is 6. The zero-order valence-corrected chi connectivity index (χ0v) is 11.1. The molecule has 0 atom stereocenters. The van der Waals surface area contributed by atoms with E-state index in [-0.39, 0.29) is 6.61 Å². The van der Waals surface area contributed by atoms with Gasteiger partial charge in [-0.15, -0.1) is 0 Å². The van der Waals surface area contributed by atoms with Gasteiger partial charge in [0.25, 0.3) is 0 Å². The van der Waals surface area contributed by atoms with E-state index in [0.29, 0.717) is 0 Å². The molecule has 4 nitrogen and oxygen atoms in total. The third kappa shape index (κ3) is 2.34. The lowest BCUT2D eigenvalue weighted by molar-refractivity contribution is 0.276. The van der Waals surface area contributed by atoms with Crippen molar-refractivity contribution in [2.24, 2.45) is 0 Å². The number of anilines is 1. The monoisotopic (exact) mass is 247 g/mol. The molecule has 1 N–H and O–H groups in total. The molecule has 0 saturated heterocycles. The largest absolute Gasteiger partial charge is 0.390 e. The van der Waals surface area contributed by atoms with Crippen LogP contribution in [0.5, 0.6) is 0 Å². The minimum absolute atomic E-state index is 0.0170. The summed E-state index contributed by atoms with van der Waals surface area (Å²) in [6, 6.07) is 5.89. The molecule has 0 aliphatic rings. The molecule has 2 heterocycles. The van der Waals surface area contributed by atoms with Gasteiger partial charge in [-0.3, -0.25) is 4.40 Å². The third-order valence-corrected chi connectivity index (χ3v) is 3.22. The smallest absolute Gasteiger partial charge is 0.153 e. The highest BCUT2D eigenvalue weighted by molar-refractivity contribution is 5.55. The Morgan fingerprint density at radius 3 is 2.83 bits per heavy atom. The molecule has 0 bridgehead atoms. The first-order valence-electron chi connectivity index (χ1n) is 6.63. The van der Waals surface area contributed by atoms with Crippen molar-refractivity contribution < 1.29 is 5.11 Å². The van der Waals surface area contributed by atoms with Gasteiger partial charge < -0.3 is 10.0 Å². The van der Waals surface area contributed by atoms with Gasteiger partial charge in [0, 0.05) is 19.3 Å². The molecular weight excluding hydrogens is 226 g/mol. The van der Waals surface area contributed by atoms with Crippen molar-refractivity contribution in [3.05, 3.63) is 30.1 Å². The van der Waals surface area contributed by atoms with E-state index in [9.17, 15) is 5.11 Å². The molecule has 2 aromatic heterocycles. The number of imidazole rings is 1. The highest BCUT2D eigenvalue weighted by Crippen LogP contribution is 2.22. The number of aromatic nitrogens is 2. The van der Waals surface area contributed by atoms with Crippen LogP contribution in [0.1, 0.15) is 32.4 Å². The van der Waals surface area contributed by atoms with Crippen molar-refractivity contribution in [2.45, 2.75) is 33.3 Å². The first-order valence-corrected chi connectivity index (χ1v) is 6.63. The first kappa shape index (κ1) is 12.9. The molecule has 18 heavy (non-hydrogen) atoms. The normalized spacial score (nSPS) is 11.1. The van der Waals surface area contributed by atoms with Crippen molar-refractivity contribution in [2.75, 3.05) is 18.0 Å². The number of fused-ring (bicyclic) bond motifs is 1. The van der Waals surface area contributed by atoms with Gasteiger partial charge in [0.2, 0.25) is 0 Å². The molecule has 0 unspecified atom stereocenters. The van der Waals surface area contributed by atoms with E-state index in [1.807, 2.05) is 28.8 Å². The second-order valence-corrected chi connectivity index (χ2v) is 4.40. The van der Waals surface area contributed by atoms with Crippen LogP contribution < -0.4 is 4.90 Å². The maximum Gasteiger partial charge on any atom is 0.153 e. The van der Waals surface area contributed by atoms with Crippen LogP contribution in [0.3, 0.4) is 0 Å². The van der Waals surface area contributed by atoms with Crippen molar-refractivity contribution in [3.63, 3.8) is 0 Å². The lowest BCUT2D eigenvalue weighted by Crippen LogP contribution is -2.25. The number of pyridine rings is 1. The van der Waals surface area contributed by atoms with Crippen LogP contribution in [0.15, 0.2) is 24.4 Å². The minimum Gasteiger partial charge on any atom is -0.390 e. The van der Waals surface area contributed by atoms with Crippen molar-refractivity contribution in [1.29, 1.82) is 0 Å². The fourth-order valence-corrected chi connectivity index (χ4v) is 2.20. The molecule has 0 saturated carbocycles. The summed E-state index contributed by atoms with van der Waals surface area (Å²) in [7, 11) is 0. The van der Waals surface area contributed by atoms with Gasteiger partial charge in [-0.2, -0.15) is 0 Å². The highest BCUT2D eigenvalue weighted by atomic mass is 16.3. The molecule has 2 rings (SSSR count). The molecule has 0 amide bonds. The molecular formula is C14H21N3O. The Morgan fingerprint density at radius 2 is 2.17 bits per heavy atom. The van der Waals surface area contributed by atoms with Gasteiger partial charge >= 0.3 is 0 Å². The first-order chi connectivity index (χ1) is 8.81. The number of hydrogen-bond acceptors (Lipinski definition) is 3. The molecule has 0 radical (unpaired) electrons. The van der Waals surface area contributed by atoms with Crippen LogP contribution in [0.25, 0.3) is 5.65 Å². The zero-order valence-electron chi connectivity index (χ0n) is 11.1. The third-order valence-electron chi connectivity index (χ3n) is 3.22. The van der Waals surface area contributed by atoms with Gasteiger partial charge in [0.05, 0.1) is 12.3 Å². The molecule has 0 spiro atoms. The average Bonchev–Trinajstić information content (AvgIpc) is 2.78. The fraction of sp³-hybridized carbons (Fsp3) is 0.500. The van der Waals surface area contributed by atoms with Gasteiger partial charge in [-0.05, 0) is 25.5 Å². The Morgan fingerprint density at radius 1 is 1.33 bits per heavy atom. The summed E-state index contributed by atoms with van der Waals surface area (Å²) in [4.78, 5) is 6.87. The Hall–Kier alpha value is -1.55. The van der Waals surface area contributed by atoms with E-state index >= 15 is 0 Å². The summed E-state index contributed by atoms with van der Waals surface area (Å²) in [6.07, 6.45) is 4.26. The molecule has 2 aromatic rings. The second-order valence-electron chi connectivity index (χ2n) is 4.40. The Labute approximate surface area is 108 Å². The maximum absolute atomic E-state index is 9.59. The lowest BCUT2D eigenvalue weighted by atomic mass is 10.3. The summed E-state index contributed by atoms with van der Waals surface area (Å²) in [5.74, 6) is 0.916. The summed E-state index contributed by atoms with van der Waals surface area (Å²) in [5, 5.41) is 9.59. The topological polar surface area (TPSA) is 40.8 Å². The maximum atomic E-state index is 9.59. The van der Waals surface area contributed by atoms with Crippen LogP contribution in [0, 0.1) is 0 Å². The zero-order chi connectivity index (χ0) is 13.0. The number of aliphatic hydroxyl groups is 1. The number of hydrogen-bond donors (Lipinski definition) is 1. The van der Waals surface area contributed by atoms with Gasteiger partial charge in [-0.1, -0.05) is 19.4 Å². The Bertz CT molecular complexity index is 507. The predicted octanol–water partition coefficient (Wildman–Crippen LogP) is 2.45. The van der Waals surface area contributed by atoms with E-state index in [4.69, 9.17) is 0 Å². The Balaban J connectivity index is 2.41. The van der Waals surface area contributed by atoms with E-state index in [2.05, 4.69) is 23.7 Å². The summed E-state index contributed by atoms with van der Waals surface area (Å²) < 4.78 is 1.96. The van der Waals surface area contributed by atoms with E-state index in [1.54, 1.807) is 0 Å². The van der Waals surface area contributed by atoms with Gasteiger partial charge in [0.1, 0.15) is 5.65 Å². The predicted molar refractivity (Wildman–Crippen MR) is 73.9 cm³/mol.